The average molecular weight is 217 g/mol. The molecule has 82 valence electrons. The van der Waals surface area contributed by atoms with Gasteiger partial charge in [0.05, 0.1) is 11.3 Å². The van der Waals surface area contributed by atoms with Crippen molar-refractivity contribution in [2.24, 2.45) is 5.73 Å². The average Bonchev–Trinajstić information content (AvgIpc) is 2.58. The van der Waals surface area contributed by atoms with E-state index in [2.05, 4.69) is 10.1 Å². The van der Waals surface area contributed by atoms with Crippen molar-refractivity contribution >= 4 is 11.7 Å². The molecule has 6 heteroatoms. The highest BCUT2D eigenvalue weighted by atomic mass is 16.1. The second kappa shape index (κ2) is 3.65. The number of primary amides is 1. The lowest BCUT2D eigenvalue weighted by Crippen LogP contribution is -2.12. The molecule has 6 nitrogen and oxygen atoms in total. The maximum absolute atomic E-state index is 10.9. The van der Waals surface area contributed by atoms with Crippen LogP contribution < -0.4 is 11.5 Å². The third-order valence-corrected chi connectivity index (χ3v) is 2.11. The molecule has 2 aromatic rings. The summed E-state index contributed by atoms with van der Waals surface area (Å²) in [6.07, 6.45) is 1.40. The molecular formula is C10H11N5O. The van der Waals surface area contributed by atoms with Gasteiger partial charge < -0.3 is 11.5 Å². The monoisotopic (exact) mass is 217 g/mol. The number of nitrogens with zero attached hydrogens (tertiary/aromatic N) is 3. The Balaban J connectivity index is 2.42. The van der Waals surface area contributed by atoms with Crippen LogP contribution in [0.4, 0.5) is 5.82 Å². The normalized spacial score (nSPS) is 10.3. The van der Waals surface area contributed by atoms with Crippen molar-refractivity contribution in [2.45, 2.75) is 6.92 Å². The third kappa shape index (κ3) is 1.72. The van der Waals surface area contributed by atoms with Crippen molar-refractivity contribution in [1.82, 2.24) is 14.8 Å². The number of aromatic nitrogens is 3. The Kier molecular flexibility index (Phi) is 2.32. The minimum absolute atomic E-state index is 0.353. The molecule has 0 fully saturated rings. The first-order valence-electron chi connectivity index (χ1n) is 4.66. The summed E-state index contributed by atoms with van der Waals surface area (Å²) < 4.78 is 1.50. The SMILES string of the molecule is Cc1cc(N)n(-c2ccc(C(N)=O)cn2)n1. The van der Waals surface area contributed by atoms with Crippen molar-refractivity contribution in [1.29, 1.82) is 0 Å². The minimum atomic E-state index is -0.510. The van der Waals surface area contributed by atoms with Crippen LogP contribution in [0.5, 0.6) is 0 Å². The fourth-order valence-electron chi connectivity index (χ4n) is 1.36. The first kappa shape index (κ1) is 10.2. The number of pyridine rings is 1. The summed E-state index contributed by atoms with van der Waals surface area (Å²) in [6.45, 7) is 1.84. The number of rotatable bonds is 2. The van der Waals surface area contributed by atoms with Crippen molar-refractivity contribution in [3.8, 4) is 5.82 Å². The second-order valence-corrected chi connectivity index (χ2v) is 3.39. The molecule has 0 bridgehead atoms. The Morgan fingerprint density at radius 2 is 2.19 bits per heavy atom. The summed E-state index contributed by atoms with van der Waals surface area (Å²) in [4.78, 5) is 14.9. The van der Waals surface area contributed by atoms with Crippen LogP contribution in [0, 0.1) is 6.92 Å². The van der Waals surface area contributed by atoms with E-state index in [4.69, 9.17) is 11.5 Å². The molecule has 0 aliphatic rings. The third-order valence-electron chi connectivity index (χ3n) is 2.11. The summed E-state index contributed by atoms with van der Waals surface area (Å²) in [5, 5.41) is 4.17. The van der Waals surface area contributed by atoms with E-state index in [0.717, 1.165) is 5.69 Å². The predicted molar refractivity (Wildman–Crippen MR) is 59.0 cm³/mol. The van der Waals surface area contributed by atoms with E-state index in [1.807, 2.05) is 6.92 Å². The van der Waals surface area contributed by atoms with E-state index >= 15 is 0 Å². The van der Waals surface area contributed by atoms with Gasteiger partial charge in [-0.25, -0.2) is 4.98 Å². The smallest absolute Gasteiger partial charge is 0.250 e. The molecule has 2 rings (SSSR count). The number of hydrogen-bond donors (Lipinski definition) is 2. The number of carbonyl (C=O) groups excluding carboxylic acids is 1. The number of aryl methyl sites for hydroxylation is 1. The molecule has 0 aliphatic heterocycles. The molecule has 4 N–H and O–H groups in total. The van der Waals surface area contributed by atoms with Gasteiger partial charge in [-0.15, -0.1) is 0 Å². The van der Waals surface area contributed by atoms with E-state index in [1.54, 1.807) is 18.2 Å². The number of amides is 1. The van der Waals surface area contributed by atoms with E-state index in [0.29, 0.717) is 17.2 Å². The minimum Gasteiger partial charge on any atom is -0.384 e. The van der Waals surface area contributed by atoms with Gasteiger partial charge >= 0.3 is 0 Å². The van der Waals surface area contributed by atoms with Crippen LogP contribution in [-0.2, 0) is 0 Å². The van der Waals surface area contributed by atoms with E-state index < -0.39 is 5.91 Å². The summed E-state index contributed by atoms with van der Waals surface area (Å²) in [7, 11) is 0. The van der Waals surface area contributed by atoms with Crippen LogP contribution in [0.2, 0.25) is 0 Å². The first-order valence-corrected chi connectivity index (χ1v) is 4.66. The molecule has 2 heterocycles. The number of nitrogen functional groups attached to an aromatic ring is 1. The van der Waals surface area contributed by atoms with Crippen LogP contribution in [0.1, 0.15) is 16.1 Å². The van der Waals surface area contributed by atoms with Gasteiger partial charge in [-0.1, -0.05) is 0 Å². The lowest BCUT2D eigenvalue weighted by Gasteiger charge is -2.02. The molecule has 0 aliphatic carbocycles. The van der Waals surface area contributed by atoms with E-state index in [9.17, 15) is 4.79 Å². The van der Waals surface area contributed by atoms with Crippen molar-refractivity contribution in [3.63, 3.8) is 0 Å². The largest absolute Gasteiger partial charge is 0.384 e. The van der Waals surface area contributed by atoms with Gasteiger partial charge in [-0.2, -0.15) is 9.78 Å². The zero-order valence-corrected chi connectivity index (χ0v) is 8.71. The van der Waals surface area contributed by atoms with Gasteiger partial charge in [-0.3, -0.25) is 4.79 Å². The zero-order valence-electron chi connectivity index (χ0n) is 8.71. The van der Waals surface area contributed by atoms with Gasteiger partial charge in [-0.05, 0) is 19.1 Å². The van der Waals surface area contributed by atoms with Crippen LogP contribution >= 0.6 is 0 Å². The summed E-state index contributed by atoms with van der Waals surface area (Å²) in [6, 6.07) is 4.97. The predicted octanol–water partition coefficient (Wildman–Crippen LogP) is 0.257. The van der Waals surface area contributed by atoms with Crippen LogP contribution in [-0.4, -0.2) is 20.7 Å². The highest BCUT2D eigenvalue weighted by molar-refractivity contribution is 5.92. The van der Waals surface area contributed by atoms with Crippen LogP contribution in [0.3, 0.4) is 0 Å². The number of nitrogens with two attached hydrogens (primary N) is 2. The topological polar surface area (TPSA) is 99.8 Å². The molecule has 1 amide bonds. The molecule has 0 spiro atoms. The van der Waals surface area contributed by atoms with Gasteiger partial charge in [0.25, 0.3) is 0 Å². The molecule has 16 heavy (non-hydrogen) atoms. The first-order chi connectivity index (χ1) is 7.58. The van der Waals surface area contributed by atoms with Crippen LogP contribution in [0.25, 0.3) is 5.82 Å². The molecule has 0 aromatic carbocycles. The van der Waals surface area contributed by atoms with Crippen LogP contribution in [0.15, 0.2) is 24.4 Å². The molecule has 0 saturated heterocycles. The second-order valence-electron chi connectivity index (χ2n) is 3.39. The van der Waals surface area contributed by atoms with Gasteiger partial charge in [0.2, 0.25) is 5.91 Å². The van der Waals surface area contributed by atoms with Gasteiger partial charge in [0.1, 0.15) is 5.82 Å². The van der Waals surface area contributed by atoms with Crippen molar-refractivity contribution < 1.29 is 4.79 Å². The lowest BCUT2D eigenvalue weighted by molar-refractivity contribution is 0.1000. The van der Waals surface area contributed by atoms with Gasteiger partial charge in [0.15, 0.2) is 5.82 Å². The maximum atomic E-state index is 10.9. The maximum Gasteiger partial charge on any atom is 0.250 e. The summed E-state index contributed by atoms with van der Waals surface area (Å²) in [5.74, 6) is 0.538. The lowest BCUT2D eigenvalue weighted by atomic mass is 10.3. The molecule has 0 saturated carbocycles. The zero-order chi connectivity index (χ0) is 11.7. The van der Waals surface area contributed by atoms with E-state index in [1.165, 1.54) is 10.9 Å². The van der Waals surface area contributed by atoms with Crippen molar-refractivity contribution in [2.75, 3.05) is 5.73 Å². The standard InChI is InChI=1S/C10H11N5O/c1-6-4-8(11)15(14-6)9-3-2-7(5-13-9)10(12)16/h2-5H,11H2,1H3,(H2,12,16). The molecule has 0 radical (unpaired) electrons. The molecule has 2 aromatic heterocycles. The molecular weight excluding hydrogens is 206 g/mol. The highest BCUT2D eigenvalue weighted by Gasteiger charge is 2.06. The summed E-state index contributed by atoms with van der Waals surface area (Å²) >= 11 is 0. The fraction of sp³-hybridized carbons (Fsp3) is 0.100. The number of hydrogen-bond acceptors (Lipinski definition) is 4. The van der Waals surface area contributed by atoms with Crippen molar-refractivity contribution in [3.05, 3.63) is 35.7 Å². The Morgan fingerprint density at radius 3 is 2.62 bits per heavy atom. The Morgan fingerprint density at radius 1 is 1.44 bits per heavy atom. The van der Waals surface area contributed by atoms with Gasteiger partial charge in [0, 0.05) is 12.3 Å². The Labute approximate surface area is 91.9 Å². The molecule has 0 unspecified atom stereocenters. The Bertz CT molecular complexity index is 529. The molecule has 0 atom stereocenters. The van der Waals surface area contributed by atoms with E-state index in [-0.39, 0.29) is 0 Å². The fourth-order valence-corrected chi connectivity index (χ4v) is 1.36. The summed E-state index contributed by atoms with van der Waals surface area (Å²) in [5.41, 5.74) is 12.0. The number of carbonyl (C=O) groups is 1. The highest BCUT2D eigenvalue weighted by Crippen LogP contribution is 2.12. The quantitative estimate of drug-likeness (QED) is 0.753. The Hall–Kier alpha value is -2.37. The number of anilines is 1.